The molecule has 0 unspecified atom stereocenters. The Morgan fingerprint density at radius 2 is 1.72 bits per heavy atom. The zero-order valence-corrected chi connectivity index (χ0v) is 15.0. The van der Waals surface area contributed by atoms with Crippen LogP contribution in [0.15, 0.2) is 24.3 Å². The maximum Gasteiger partial charge on any atom is 0.314 e. The number of carbonyl (C=O) groups is 2. The van der Waals surface area contributed by atoms with E-state index in [1.165, 1.54) is 19.3 Å². The number of amides is 3. The van der Waals surface area contributed by atoms with Gasteiger partial charge in [-0.15, -0.1) is 0 Å². The molecule has 1 aliphatic rings. The standard InChI is InChI=1S/C19H29N3O3/c1-25-17-9-7-15(8-10-17)11-13-20-19(24)21-14-12-18(23)22-16-5-3-2-4-6-16/h7-10,16H,2-6,11-14H2,1H3,(H,22,23)(H2,20,21,24). The largest absolute Gasteiger partial charge is 0.497 e. The van der Waals surface area contributed by atoms with Crippen LogP contribution < -0.4 is 20.7 Å². The lowest BCUT2D eigenvalue weighted by molar-refractivity contribution is -0.121. The molecule has 0 aromatic heterocycles. The number of nitrogens with one attached hydrogen (secondary N) is 3. The van der Waals surface area contributed by atoms with E-state index in [0.717, 1.165) is 30.6 Å². The Hall–Kier alpha value is -2.24. The first-order valence-corrected chi connectivity index (χ1v) is 9.11. The van der Waals surface area contributed by atoms with Gasteiger partial charge in [0.25, 0.3) is 0 Å². The number of carbonyl (C=O) groups excluding carboxylic acids is 2. The molecular weight excluding hydrogens is 318 g/mol. The normalized spacial score (nSPS) is 14.6. The number of benzene rings is 1. The Kier molecular flexibility index (Phi) is 8.09. The lowest BCUT2D eigenvalue weighted by atomic mass is 9.95. The van der Waals surface area contributed by atoms with E-state index in [4.69, 9.17) is 4.74 Å². The first-order chi connectivity index (χ1) is 12.2. The third-order valence-electron chi connectivity index (χ3n) is 4.47. The second-order valence-electron chi connectivity index (χ2n) is 6.43. The van der Waals surface area contributed by atoms with Crippen LogP contribution in [-0.4, -0.2) is 38.2 Å². The summed E-state index contributed by atoms with van der Waals surface area (Å²) in [7, 11) is 1.64. The quantitative estimate of drug-likeness (QED) is 0.675. The smallest absolute Gasteiger partial charge is 0.314 e. The van der Waals surface area contributed by atoms with Crippen molar-refractivity contribution in [3.63, 3.8) is 0 Å². The number of hydrogen-bond acceptors (Lipinski definition) is 3. The summed E-state index contributed by atoms with van der Waals surface area (Å²) in [6.45, 7) is 0.902. The molecule has 3 N–H and O–H groups in total. The van der Waals surface area contributed by atoms with Gasteiger partial charge in [0.1, 0.15) is 5.75 Å². The predicted molar refractivity (Wildman–Crippen MR) is 97.7 cm³/mol. The van der Waals surface area contributed by atoms with Gasteiger partial charge in [-0.25, -0.2) is 4.79 Å². The Morgan fingerprint density at radius 3 is 2.40 bits per heavy atom. The summed E-state index contributed by atoms with van der Waals surface area (Å²) in [5.41, 5.74) is 1.13. The van der Waals surface area contributed by atoms with Crippen molar-refractivity contribution in [2.24, 2.45) is 0 Å². The van der Waals surface area contributed by atoms with Crippen LogP contribution in [0.5, 0.6) is 5.75 Å². The van der Waals surface area contributed by atoms with Crippen molar-refractivity contribution < 1.29 is 14.3 Å². The van der Waals surface area contributed by atoms with E-state index >= 15 is 0 Å². The highest BCUT2D eigenvalue weighted by Crippen LogP contribution is 2.17. The highest BCUT2D eigenvalue weighted by Gasteiger charge is 2.15. The van der Waals surface area contributed by atoms with Gasteiger partial charge in [-0.1, -0.05) is 31.4 Å². The third kappa shape index (κ3) is 7.45. The zero-order chi connectivity index (χ0) is 17.9. The van der Waals surface area contributed by atoms with Crippen LogP contribution in [0, 0.1) is 0 Å². The fourth-order valence-electron chi connectivity index (χ4n) is 3.01. The lowest BCUT2D eigenvalue weighted by Gasteiger charge is -2.22. The first kappa shape index (κ1) is 19.1. The highest BCUT2D eigenvalue weighted by atomic mass is 16.5. The van der Waals surface area contributed by atoms with Crippen LogP contribution in [0.4, 0.5) is 4.79 Å². The second-order valence-corrected chi connectivity index (χ2v) is 6.43. The van der Waals surface area contributed by atoms with Crippen molar-refractivity contribution in [2.45, 2.75) is 51.0 Å². The van der Waals surface area contributed by atoms with Gasteiger partial charge in [0.05, 0.1) is 7.11 Å². The van der Waals surface area contributed by atoms with Crippen molar-refractivity contribution in [3.05, 3.63) is 29.8 Å². The molecule has 0 atom stereocenters. The van der Waals surface area contributed by atoms with Gasteiger partial charge in [-0.05, 0) is 37.0 Å². The van der Waals surface area contributed by atoms with Gasteiger partial charge in [0.15, 0.2) is 0 Å². The van der Waals surface area contributed by atoms with Gasteiger partial charge in [-0.2, -0.15) is 0 Å². The van der Waals surface area contributed by atoms with Crippen molar-refractivity contribution in [1.29, 1.82) is 0 Å². The maximum absolute atomic E-state index is 11.9. The van der Waals surface area contributed by atoms with Crippen molar-refractivity contribution in [1.82, 2.24) is 16.0 Å². The van der Waals surface area contributed by atoms with E-state index in [1.54, 1.807) is 7.11 Å². The molecule has 0 bridgehead atoms. The number of rotatable bonds is 8. The van der Waals surface area contributed by atoms with Crippen molar-refractivity contribution in [3.8, 4) is 5.75 Å². The number of hydrogen-bond donors (Lipinski definition) is 3. The van der Waals surface area contributed by atoms with Crippen LogP contribution in [0.2, 0.25) is 0 Å². The fourth-order valence-corrected chi connectivity index (χ4v) is 3.01. The molecule has 0 heterocycles. The van der Waals surface area contributed by atoms with E-state index < -0.39 is 0 Å². The van der Waals surface area contributed by atoms with E-state index in [1.807, 2.05) is 24.3 Å². The lowest BCUT2D eigenvalue weighted by Crippen LogP contribution is -2.40. The molecule has 0 spiro atoms. The maximum atomic E-state index is 11.9. The average molecular weight is 347 g/mol. The van der Waals surface area contributed by atoms with Crippen LogP contribution in [0.1, 0.15) is 44.1 Å². The Bertz CT molecular complexity index is 539. The van der Waals surface area contributed by atoms with Crippen LogP contribution in [0.25, 0.3) is 0 Å². The van der Waals surface area contributed by atoms with Crippen LogP contribution >= 0.6 is 0 Å². The molecule has 25 heavy (non-hydrogen) atoms. The molecule has 138 valence electrons. The number of urea groups is 1. The summed E-state index contributed by atoms with van der Waals surface area (Å²) < 4.78 is 5.11. The molecule has 3 amide bonds. The van der Waals surface area contributed by atoms with Gasteiger partial charge in [0, 0.05) is 25.6 Å². The van der Waals surface area contributed by atoms with E-state index in [9.17, 15) is 9.59 Å². The monoisotopic (exact) mass is 347 g/mol. The minimum absolute atomic E-state index is 0.0189. The Labute approximate surface area is 149 Å². The molecule has 6 heteroatoms. The van der Waals surface area contributed by atoms with Crippen molar-refractivity contribution in [2.75, 3.05) is 20.2 Å². The predicted octanol–water partition coefficient (Wildman–Crippen LogP) is 2.38. The van der Waals surface area contributed by atoms with E-state index in [-0.39, 0.29) is 11.9 Å². The molecule has 1 aromatic carbocycles. The summed E-state index contributed by atoms with van der Waals surface area (Å²) in [4.78, 5) is 23.6. The molecule has 6 nitrogen and oxygen atoms in total. The minimum Gasteiger partial charge on any atom is -0.497 e. The molecule has 0 aliphatic heterocycles. The molecular formula is C19H29N3O3. The fraction of sp³-hybridized carbons (Fsp3) is 0.579. The Morgan fingerprint density at radius 1 is 1.04 bits per heavy atom. The van der Waals surface area contributed by atoms with E-state index in [2.05, 4.69) is 16.0 Å². The molecule has 1 saturated carbocycles. The van der Waals surface area contributed by atoms with Gasteiger partial charge < -0.3 is 20.7 Å². The topological polar surface area (TPSA) is 79.5 Å². The number of ether oxygens (including phenoxy) is 1. The summed E-state index contributed by atoms with van der Waals surface area (Å²) in [5, 5.41) is 8.57. The zero-order valence-electron chi connectivity index (χ0n) is 15.0. The molecule has 0 saturated heterocycles. The van der Waals surface area contributed by atoms with Crippen LogP contribution in [0.3, 0.4) is 0 Å². The molecule has 1 aromatic rings. The summed E-state index contributed by atoms with van der Waals surface area (Å²) >= 11 is 0. The second kappa shape index (κ2) is 10.6. The van der Waals surface area contributed by atoms with Crippen LogP contribution in [-0.2, 0) is 11.2 Å². The SMILES string of the molecule is COc1ccc(CCNC(=O)NCCC(=O)NC2CCCCC2)cc1. The number of methoxy groups -OCH3 is 1. The average Bonchev–Trinajstić information content (AvgIpc) is 2.63. The van der Waals surface area contributed by atoms with E-state index in [0.29, 0.717) is 25.6 Å². The third-order valence-corrected chi connectivity index (χ3v) is 4.47. The summed E-state index contributed by atoms with van der Waals surface area (Å²) in [6.07, 6.45) is 6.88. The summed E-state index contributed by atoms with van der Waals surface area (Å²) in [6, 6.07) is 7.85. The van der Waals surface area contributed by atoms with Gasteiger partial charge >= 0.3 is 6.03 Å². The minimum atomic E-state index is -0.237. The highest BCUT2D eigenvalue weighted by molar-refractivity contribution is 5.78. The van der Waals surface area contributed by atoms with Crippen molar-refractivity contribution >= 4 is 11.9 Å². The molecule has 1 aliphatic carbocycles. The molecule has 2 rings (SSSR count). The molecule has 0 radical (unpaired) electrons. The first-order valence-electron chi connectivity index (χ1n) is 9.11. The Balaban J connectivity index is 1.53. The van der Waals surface area contributed by atoms with Gasteiger partial charge in [0.2, 0.25) is 5.91 Å². The summed E-state index contributed by atoms with van der Waals surface area (Å²) in [5.74, 6) is 0.839. The molecule has 1 fully saturated rings. The van der Waals surface area contributed by atoms with Gasteiger partial charge in [-0.3, -0.25) is 4.79 Å².